The molecule has 0 aliphatic carbocycles. The number of nitrogens with zero attached hydrogens (tertiary/aromatic N) is 3. The second kappa shape index (κ2) is 9.27. The summed E-state index contributed by atoms with van der Waals surface area (Å²) in [6.45, 7) is 12.3. The quantitative estimate of drug-likeness (QED) is 0.652. The highest BCUT2D eigenvalue weighted by atomic mass is 16.2. The fraction of sp³-hybridized carbons (Fsp3) is 0.444. The van der Waals surface area contributed by atoms with Crippen molar-refractivity contribution in [2.75, 3.05) is 13.6 Å². The summed E-state index contributed by atoms with van der Waals surface area (Å²) in [6.07, 6.45) is 1.05. The number of hydrogen-bond donors (Lipinski definition) is 0. The van der Waals surface area contributed by atoms with E-state index in [2.05, 4.69) is 56.3 Å². The van der Waals surface area contributed by atoms with Crippen LogP contribution in [0.2, 0.25) is 0 Å². The van der Waals surface area contributed by atoms with Gasteiger partial charge in [-0.05, 0) is 54.5 Å². The van der Waals surface area contributed by atoms with Crippen molar-refractivity contribution in [2.45, 2.75) is 60.4 Å². The third-order valence-electron chi connectivity index (χ3n) is 5.95. The molecule has 1 heterocycles. The van der Waals surface area contributed by atoms with Gasteiger partial charge in [0.2, 0.25) is 5.91 Å². The van der Waals surface area contributed by atoms with E-state index in [1.807, 2.05) is 27.7 Å². The summed E-state index contributed by atoms with van der Waals surface area (Å²) < 4.78 is 0. The van der Waals surface area contributed by atoms with Crippen LogP contribution in [0.5, 0.6) is 0 Å². The fourth-order valence-corrected chi connectivity index (χ4v) is 3.84. The van der Waals surface area contributed by atoms with E-state index in [9.17, 15) is 9.59 Å². The third-order valence-corrected chi connectivity index (χ3v) is 5.95. The summed E-state index contributed by atoms with van der Waals surface area (Å²) in [5, 5.41) is 6.34. The summed E-state index contributed by atoms with van der Waals surface area (Å²) in [7, 11) is 1.69. The first-order valence-corrected chi connectivity index (χ1v) is 11.2. The SMILES string of the molecule is Cc1ccc(C2CC(c3ccc(C)c(C)c3)=NN2C(=O)CN(C)C(=O)CC(C)(C)C)cc1. The Hall–Kier alpha value is -2.95. The lowest BCUT2D eigenvalue weighted by molar-refractivity contribution is -0.141. The smallest absolute Gasteiger partial charge is 0.262 e. The third kappa shape index (κ3) is 5.64. The van der Waals surface area contributed by atoms with Crippen LogP contribution >= 0.6 is 0 Å². The van der Waals surface area contributed by atoms with Crippen LogP contribution in [0.25, 0.3) is 0 Å². The molecule has 2 aromatic carbocycles. The summed E-state index contributed by atoms with van der Waals surface area (Å²) in [6, 6.07) is 14.4. The average molecular weight is 434 g/mol. The van der Waals surface area contributed by atoms with Gasteiger partial charge in [0.25, 0.3) is 5.91 Å². The Morgan fingerprint density at radius 1 is 1.03 bits per heavy atom. The molecule has 3 rings (SSSR count). The molecular formula is C27H35N3O2. The van der Waals surface area contributed by atoms with Crippen LogP contribution in [0.4, 0.5) is 0 Å². The largest absolute Gasteiger partial charge is 0.336 e. The molecule has 0 N–H and O–H groups in total. The molecule has 1 atom stereocenters. The molecule has 5 heteroatoms. The van der Waals surface area contributed by atoms with E-state index in [1.165, 1.54) is 21.6 Å². The van der Waals surface area contributed by atoms with E-state index in [0.717, 1.165) is 16.8 Å². The van der Waals surface area contributed by atoms with Crippen LogP contribution < -0.4 is 0 Å². The maximum absolute atomic E-state index is 13.3. The molecule has 0 bridgehead atoms. The van der Waals surface area contributed by atoms with Crippen molar-refractivity contribution in [3.63, 3.8) is 0 Å². The minimum atomic E-state index is -0.175. The number of rotatable bonds is 5. The first-order chi connectivity index (χ1) is 14.9. The number of carbonyl (C=O) groups excluding carboxylic acids is 2. The molecule has 32 heavy (non-hydrogen) atoms. The van der Waals surface area contributed by atoms with Crippen molar-refractivity contribution in [1.29, 1.82) is 0 Å². The second-order valence-electron chi connectivity index (χ2n) is 10.2. The van der Waals surface area contributed by atoms with E-state index in [1.54, 1.807) is 12.1 Å². The Labute approximate surface area is 192 Å². The van der Waals surface area contributed by atoms with Crippen LogP contribution in [0.3, 0.4) is 0 Å². The first kappa shape index (κ1) is 23.7. The highest BCUT2D eigenvalue weighted by Crippen LogP contribution is 2.33. The minimum Gasteiger partial charge on any atom is -0.336 e. The lowest BCUT2D eigenvalue weighted by atomic mass is 9.92. The van der Waals surface area contributed by atoms with Gasteiger partial charge >= 0.3 is 0 Å². The number of hydrogen-bond acceptors (Lipinski definition) is 3. The van der Waals surface area contributed by atoms with Gasteiger partial charge in [0.05, 0.1) is 11.8 Å². The standard InChI is InChI=1S/C27H35N3O2/c1-18-8-11-21(12-9-18)24-15-23(22-13-10-19(2)20(3)14-22)28-30(24)26(32)17-29(7)25(31)16-27(4,5)6/h8-14,24H,15-17H2,1-7H3. The second-order valence-corrected chi connectivity index (χ2v) is 10.2. The molecule has 1 aliphatic heterocycles. The van der Waals surface area contributed by atoms with Crippen LogP contribution in [-0.2, 0) is 9.59 Å². The molecule has 5 nitrogen and oxygen atoms in total. The molecule has 2 aromatic rings. The van der Waals surface area contributed by atoms with Gasteiger partial charge in [-0.15, -0.1) is 0 Å². The van der Waals surface area contributed by atoms with E-state index in [-0.39, 0.29) is 29.8 Å². The van der Waals surface area contributed by atoms with Crippen molar-refractivity contribution in [3.05, 3.63) is 70.3 Å². The molecule has 1 unspecified atom stereocenters. The molecule has 0 aromatic heterocycles. The number of amides is 2. The Kier molecular flexibility index (Phi) is 6.87. The molecule has 0 saturated heterocycles. The summed E-state index contributed by atoms with van der Waals surface area (Å²) >= 11 is 0. The minimum absolute atomic E-state index is 0.0149. The lowest BCUT2D eigenvalue weighted by Gasteiger charge is -2.26. The number of likely N-dealkylation sites (N-methyl/N-ethyl adjacent to an activating group) is 1. The van der Waals surface area contributed by atoms with Crippen LogP contribution in [0, 0.1) is 26.2 Å². The number of benzene rings is 2. The van der Waals surface area contributed by atoms with Gasteiger partial charge in [0, 0.05) is 19.9 Å². The van der Waals surface area contributed by atoms with Crippen molar-refractivity contribution in [1.82, 2.24) is 9.91 Å². The van der Waals surface area contributed by atoms with Crippen LogP contribution in [0.15, 0.2) is 47.6 Å². The molecule has 0 radical (unpaired) electrons. The summed E-state index contributed by atoms with van der Waals surface area (Å²) in [4.78, 5) is 27.4. The highest BCUT2D eigenvalue weighted by molar-refractivity contribution is 6.03. The number of hydrazone groups is 1. The zero-order valence-corrected chi connectivity index (χ0v) is 20.4. The van der Waals surface area contributed by atoms with Crippen molar-refractivity contribution in [2.24, 2.45) is 10.5 Å². The maximum atomic E-state index is 13.3. The van der Waals surface area contributed by atoms with Gasteiger partial charge in [-0.1, -0.05) is 62.7 Å². The topological polar surface area (TPSA) is 53.0 Å². The Morgan fingerprint density at radius 3 is 2.28 bits per heavy atom. The van der Waals surface area contributed by atoms with E-state index < -0.39 is 0 Å². The Bertz CT molecular complexity index is 1030. The molecular weight excluding hydrogens is 398 g/mol. The molecule has 0 saturated carbocycles. The normalized spacial score (nSPS) is 16.2. The zero-order chi connectivity index (χ0) is 23.6. The Morgan fingerprint density at radius 2 is 1.69 bits per heavy atom. The zero-order valence-electron chi connectivity index (χ0n) is 20.4. The molecule has 2 amide bonds. The van der Waals surface area contributed by atoms with Gasteiger partial charge in [-0.2, -0.15) is 5.10 Å². The maximum Gasteiger partial charge on any atom is 0.262 e. The molecule has 0 fully saturated rings. The molecule has 1 aliphatic rings. The van der Waals surface area contributed by atoms with E-state index in [0.29, 0.717) is 12.8 Å². The monoisotopic (exact) mass is 433 g/mol. The molecule has 170 valence electrons. The van der Waals surface area contributed by atoms with E-state index in [4.69, 9.17) is 5.10 Å². The van der Waals surface area contributed by atoms with Gasteiger partial charge < -0.3 is 4.90 Å². The number of carbonyl (C=O) groups is 2. The first-order valence-electron chi connectivity index (χ1n) is 11.2. The highest BCUT2D eigenvalue weighted by Gasteiger charge is 2.34. The van der Waals surface area contributed by atoms with Crippen molar-refractivity contribution in [3.8, 4) is 0 Å². The van der Waals surface area contributed by atoms with Crippen LogP contribution in [0.1, 0.15) is 67.5 Å². The van der Waals surface area contributed by atoms with Gasteiger partial charge in [0.15, 0.2) is 0 Å². The average Bonchev–Trinajstić information content (AvgIpc) is 3.15. The van der Waals surface area contributed by atoms with Gasteiger partial charge in [0.1, 0.15) is 6.54 Å². The number of aryl methyl sites for hydroxylation is 3. The predicted molar refractivity (Wildman–Crippen MR) is 130 cm³/mol. The molecule has 0 spiro atoms. The lowest BCUT2D eigenvalue weighted by Crippen LogP contribution is -2.40. The van der Waals surface area contributed by atoms with Crippen LogP contribution in [-0.4, -0.2) is 41.0 Å². The van der Waals surface area contributed by atoms with Gasteiger partial charge in [-0.25, -0.2) is 5.01 Å². The van der Waals surface area contributed by atoms with E-state index >= 15 is 0 Å². The Balaban J connectivity index is 1.87. The summed E-state index contributed by atoms with van der Waals surface area (Å²) in [5.41, 5.74) is 6.47. The summed E-state index contributed by atoms with van der Waals surface area (Å²) in [5.74, 6) is -0.200. The van der Waals surface area contributed by atoms with Crippen molar-refractivity contribution < 1.29 is 9.59 Å². The fourth-order valence-electron chi connectivity index (χ4n) is 3.84. The van der Waals surface area contributed by atoms with Gasteiger partial charge in [-0.3, -0.25) is 9.59 Å². The van der Waals surface area contributed by atoms with Crippen molar-refractivity contribution >= 4 is 17.5 Å². The predicted octanol–water partition coefficient (Wildman–Crippen LogP) is 5.18.